The molecule has 0 aromatic rings. The summed E-state index contributed by atoms with van der Waals surface area (Å²) in [6.45, 7) is 7.94. The summed E-state index contributed by atoms with van der Waals surface area (Å²) in [5, 5.41) is 33.6. The van der Waals surface area contributed by atoms with E-state index in [1.54, 1.807) is 0 Å². The first-order chi connectivity index (χ1) is 28.1. The summed E-state index contributed by atoms with van der Waals surface area (Å²) in [4.78, 5) is 52.9. The molecule has 14 heteroatoms. The van der Waals surface area contributed by atoms with E-state index in [9.17, 15) is 29.1 Å². The number of carbonyl (C=O) groups is 5. The van der Waals surface area contributed by atoms with Crippen molar-refractivity contribution in [3.05, 3.63) is 0 Å². The quantitative estimate of drug-likeness (QED) is 0.0426. The van der Waals surface area contributed by atoms with Gasteiger partial charge in [-0.15, -0.1) is 0 Å². The van der Waals surface area contributed by atoms with Crippen LogP contribution in [0.4, 0.5) is 0 Å². The number of hydrogen-bond acceptors (Lipinski definition) is 11. The van der Waals surface area contributed by atoms with E-state index in [0.29, 0.717) is 23.7 Å². The second-order valence-corrected chi connectivity index (χ2v) is 17.8. The number of rotatable bonds is 22. The molecule has 0 heterocycles. The lowest BCUT2D eigenvalue weighted by molar-refractivity contribution is -0.152. The molecule has 0 bridgehead atoms. The van der Waals surface area contributed by atoms with Crippen molar-refractivity contribution in [1.29, 1.82) is 0 Å². The van der Waals surface area contributed by atoms with Gasteiger partial charge in [0.25, 0.3) is 0 Å². The minimum atomic E-state index is -0.956. The molecule has 4 rings (SSSR count). The lowest BCUT2D eigenvalue weighted by Gasteiger charge is -2.60. The molecule has 0 spiro atoms. The summed E-state index contributed by atoms with van der Waals surface area (Å²) in [5.74, 6) is 1.42. The zero-order chi connectivity index (χ0) is 44.3. The number of fused-ring (bicyclic) bond motifs is 5. The maximum atomic E-state index is 12.4. The molecule has 10 N–H and O–H groups in total. The molecular formula is C45H83N3O11. The Labute approximate surface area is 354 Å². The highest BCUT2D eigenvalue weighted by Crippen LogP contribution is 2.67. The summed E-state index contributed by atoms with van der Waals surface area (Å²) < 4.78 is 10.5. The molecule has 0 radical (unpaired) electrons. The molecule has 14 nitrogen and oxygen atoms in total. The maximum Gasteiger partial charge on any atom is 0.305 e. The van der Waals surface area contributed by atoms with Gasteiger partial charge in [0, 0.05) is 32.5 Å². The molecular weight excluding hydrogens is 759 g/mol. The molecule has 344 valence electrons. The topological polar surface area (TPSA) is 263 Å². The van der Waals surface area contributed by atoms with Crippen LogP contribution in [0.25, 0.3) is 0 Å². The van der Waals surface area contributed by atoms with E-state index in [4.69, 9.17) is 42.0 Å². The molecule has 0 amide bonds. The van der Waals surface area contributed by atoms with Gasteiger partial charge >= 0.3 is 29.8 Å². The Balaban J connectivity index is 0.000000805. The fourth-order valence-electron chi connectivity index (χ4n) is 10.5. The molecule has 4 aliphatic carbocycles. The van der Waals surface area contributed by atoms with Gasteiger partial charge in [-0.2, -0.15) is 0 Å². The normalized spacial score (nSPS) is 26.9. The Kier molecular flexibility index (Phi) is 27.8. The third-order valence-electron chi connectivity index (χ3n) is 13.6. The molecule has 0 aromatic carbocycles. The predicted octanol–water partition coefficient (Wildman–Crippen LogP) is 7.05. The number of ether oxygens (including phenoxy) is 2. The van der Waals surface area contributed by atoms with E-state index in [-0.39, 0.29) is 64.0 Å². The Morgan fingerprint density at radius 2 is 1.10 bits per heavy atom. The minimum absolute atomic E-state index is 0.0694. The average Bonchev–Trinajstić information content (AvgIpc) is 3.52. The minimum Gasteiger partial charge on any atom is -0.481 e. The molecule has 0 aromatic heterocycles. The van der Waals surface area contributed by atoms with Crippen molar-refractivity contribution in [3.63, 3.8) is 0 Å². The monoisotopic (exact) mass is 842 g/mol. The zero-order valence-corrected chi connectivity index (χ0v) is 36.8. The fraction of sp³-hybridized carbons (Fsp3) is 0.889. The van der Waals surface area contributed by atoms with Crippen LogP contribution < -0.4 is 17.2 Å². The highest BCUT2D eigenvalue weighted by Gasteiger charge is 2.59. The Hall–Kier alpha value is -2.81. The number of esters is 2. The SMILES string of the molecule is CCCCCCCCCC(=O)OCC(O)COC(=O)CCCC1CCC2C3CCC4CCCCC4(C)C3CCC12C.NCCC(=O)O.NCCC(=O)O.NCCC(=O)O. The standard InChI is InChI=1S/C36H62O5.3C3H7NO2/c1-4-5-6-7-8-9-10-16-33(38)40-25-29(37)26-41-34(39)17-13-15-28-19-21-31-30-20-18-27-14-11-12-23-35(27,2)32(30)22-24-36(28,31)3;3*4-2-1-3(5)6/h27-32,37H,4-26H2,1-3H3;3*1-2,4H2,(H,5,6). The maximum absolute atomic E-state index is 12.4. The molecule has 4 aliphatic rings. The highest BCUT2D eigenvalue weighted by molar-refractivity contribution is 5.70. The van der Waals surface area contributed by atoms with Gasteiger partial charge in [0.15, 0.2) is 0 Å². The van der Waals surface area contributed by atoms with Gasteiger partial charge in [0.05, 0.1) is 19.3 Å². The molecule has 8 unspecified atom stereocenters. The van der Waals surface area contributed by atoms with Crippen molar-refractivity contribution in [1.82, 2.24) is 0 Å². The number of unbranched alkanes of at least 4 members (excludes halogenated alkanes) is 6. The van der Waals surface area contributed by atoms with Crippen LogP contribution in [0, 0.1) is 40.4 Å². The van der Waals surface area contributed by atoms with Crippen LogP contribution in [0.2, 0.25) is 0 Å². The second-order valence-electron chi connectivity index (χ2n) is 17.8. The zero-order valence-electron chi connectivity index (χ0n) is 36.8. The van der Waals surface area contributed by atoms with Crippen LogP contribution in [-0.2, 0) is 33.4 Å². The molecule has 0 saturated heterocycles. The van der Waals surface area contributed by atoms with Gasteiger partial charge in [0.1, 0.15) is 19.3 Å². The summed E-state index contributed by atoms with van der Waals surface area (Å²) >= 11 is 0. The first-order valence-corrected chi connectivity index (χ1v) is 22.8. The van der Waals surface area contributed by atoms with Crippen LogP contribution in [0.5, 0.6) is 0 Å². The van der Waals surface area contributed by atoms with Crippen LogP contribution >= 0.6 is 0 Å². The van der Waals surface area contributed by atoms with E-state index in [2.05, 4.69) is 20.8 Å². The number of aliphatic carboxylic acids is 3. The number of nitrogens with two attached hydrogens (primary N) is 3. The lowest BCUT2D eigenvalue weighted by Crippen LogP contribution is -2.52. The average molecular weight is 842 g/mol. The van der Waals surface area contributed by atoms with Crippen LogP contribution in [-0.4, -0.2) is 89.2 Å². The fourth-order valence-corrected chi connectivity index (χ4v) is 10.5. The van der Waals surface area contributed by atoms with Gasteiger partial charge in [-0.1, -0.05) is 72.1 Å². The number of aliphatic hydroxyl groups excluding tert-OH is 1. The molecule has 0 aliphatic heterocycles. The van der Waals surface area contributed by atoms with Crippen LogP contribution in [0.1, 0.15) is 175 Å². The summed E-state index contributed by atoms with van der Waals surface area (Å²) in [7, 11) is 0. The Morgan fingerprint density at radius 3 is 1.61 bits per heavy atom. The van der Waals surface area contributed by atoms with Crippen molar-refractivity contribution in [2.24, 2.45) is 57.6 Å². The molecule has 4 saturated carbocycles. The van der Waals surface area contributed by atoms with Gasteiger partial charge in [0.2, 0.25) is 0 Å². The van der Waals surface area contributed by atoms with E-state index >= 15 is 0 Å². The first kappa shape index (κ1) is 54.2. The number of carboxylic acids is 3. The number of carbonyl (C=O) groups excluding carboxylic acids is 2. The highest BCUT2D eigenvalue weighted by atomic mass is 16.6. The summed E-state index contributed by atoms with van der Waals surface area (Å²) in [5.41, 5.74) is 15.6. The van der Waals surface area contributed by atoms with E-state index in [1.165, 1.54) is 89.9 Å². The smallest absolute Gasteiger partial charge is 0.305 e. The van der Waals surface area contributed by atoms with Crippen LogP contribution in [0.15, 0.2) is 0 Å². The van der Waals surface area contributed by atoms with Gasteiger partial charge in [-0.25, -0.2) is 0 Å². The van der Waals surface area contributed by atoms with E-state index in [1.807, 2.05) is 0 Å². The van der Waals surface area contributed by atoms with Gasteiger partial charge in [-0.3, -0.25) is 24.0 Å². The van der Waals surface area contributed by atoms with Crippen molar-refractivity contribution in [2.75, 3.05) is 32.8 Å². The number of aliphatic hydroxyl groups is 1. The number of carboxylic acid groups (broad SMARTS) is 3. The predicted molar refractivity (Wildman–Crippen MR) is 228 cm³/mol. The van der Waals surface area contributed by atoms with E-state index < -0.39 is 24.0 Å². The van der Waals surface area contributed by atoms with Gasteiger partial charge < -0.3 is 47.1 Å². The molecule has 8 atom stereocenters. The third kappa shape index (κ3) is 20.5. The van der Waals surface area contributed by atoms with Crippen molar-refractivity contribution >= 4 is 29.8 Å². The first-order valence-electron chi connectivity index (χ1n) is 22.8. The third-order valence-corrected chi connectivity index (χ3v) is 13.6. The Bertz CT molecular complexity index is 1180. The molecule has 59 heavy (non-hydrogen) atoms. The van der Waals surface area contributed by atoms with Gasteiger partial charge in [-0.05, 0) is 111 Å². The summed E-state index contributed by atoms with van der Waals surface area (Å²) in [6, 6.07) is 0. The summed E-state index contributed by atoms with van der Waals surface area (Å²) in [6.07, 6.45) is 24.3. The number of hydrogen-bond donors (Lipinski definition) is 7. The van der Waals surface area contributed by atoms with Crippen molar-refractivity contribution in [3.8, 4) is 0 Å². The van der Waals surface area contributed by atoms with Crippen molar-refractivity contribution in [2.45, 2.75) is 181 Å². The van der Waals surface area contributed by atoms with Crippen molar-refractivity contribution < 1.29 is 53.9 Å². The molecule has 4 fully saturated rings. The van der Waals surface area contributed by atoms with E-state index in [0.717, 1.165) is 61.7 Å². The lowest BCUT2D eigenvalue weighted by atomic mass is 9.45. The van der Waals surface area contributed by atoms with Crippen LogP contribution in [0.3, 0.4) is 0 Å². The Morgan fingerprint density at radius 1 is 0.593 bits per heavy atom. The largest absolute Gasteiger partial charge is 0.481 e. The second kappa shape index (κ2) is 30.3.